The summed E-state index contributed by atoms with van der Waals surface area (Å²) >= 11 is 1.73. The van der Waals surface area contributed by atoms with Gasteiger partial charge in [-0.15, -0.1) is 5.16 Å². The number of nitrogens with zero attached hydrogens (tertiary/aromatic N) is 3. The van der Waals surface area contributed by atoms with E-state index in [0.29, 0.717) is 13.2 Å². The molecule has 28 heavy (non-hydrogen) atoms. The molecule has 0 bridgehead atoms. The zero-order valence-corrected chi connectivity index (χ0v) is 16.6. The van der Waals surface area contributed by atoms with Gasteiger partial charge < -0.3 is 14.5 Å². The molecule has 0 spiro atoms. The Bertz CT molecular complexity index is 960. The van der Waals surface area contributed by atoms with Crippen LogP contribution in [0.1, 0.15) is 24.2 Å². The topological polar surface area (TPSA) is 59.6 Å². The van der Waals surface area contributed by atoms with Gasteiger partial charge >= 0.3 is 0 Å². The molecule has 0 unspecified atom stereocenters. The van der Waals surface area contributed by atoms with Crippen molar-refractivity contribution in [2.75, 3.05) is 13.2 Å². The first kappa shape index (κ1) is 18.8. The van der Waals surface area contributed by atoms with Crippen LogP contribution in [0.3, 0.4) is 0 Å². The van der Waals surface area contributed by atoms with E-state index in [1.54, 1.807) is 18.0 Å². The van der Waals surface area contributed by atoms with E-state index < -0.39 is 0 Å². The average Bonchev–Trinajstić information content (AvgIpc) is 3.16. The van der Waals surface area contributed by atoms with E-state index in [4.69, 9.17) is 4.74 Å². The van der Waals surface area contributed by atoms with Crippen LogP contribution in [0, 0.1) is 6.92 Å². The molecule has 144 valence electrons. The van der Waals surface area contributed by atoms with Crippen LogP contribution in [0.2, 0.25) is 0 Å². The first-order valence-corrected chi connectivity index (χ1v) is 10.2. The second-order valence-electron chi connectivity index (χ2n) is 6.98. The zero-order valence-electron chi connectivity index (χ0n) is 15.8. The van der Waals surface area contributed by atoms with E-state index in [0.717, 1.165) is 24.4 Å². The molecule has 3 aromatic rings. The number of hydrogen-bond donors (Lipinski definition) is 1. The first-order valence-electron chi connectivity index (χ1n) is 9.35. The van der Waals surface area contributed by atoms with Crippen LogP contribution in [-0.4, -0.2) is 34.2 Å². The van der Waals surface area contributed by atoms with Crippen LogP contribution in [0.4, 0.5) is 0 Å². The summed E-state index contributed by atoms with van der Waals surface area (Å²) in [5.41, 5.74) is 2.02. The molecule has 0 aliphatic carbocycles. The zero-order chi connectivity index (χ0) is 19.4. The third-order valence-corrected chi connectivity index (χ3v) is 6.27. The first-order chi connectivity index (χ1) is 13.7. The van der Waals surface area contributed by atoms with Gasteiger partial charge in [-0.1, -0.05) is 23.9 Å². The fourth-order valence-corrected chi connectivity index (χ4v) is 4.55. The highest BCUT2D eigenvalue weighted by atomic mass is 32.2. The Hall–Kier alpha value is -2.57. The van der Waals surface area contributed by atoms with Gasteiger partial charge in [-0.05, 0) is 61.7 Å². The molecule has 1 saturated heterocycles. The molecular formula is C22H23N3O2S. The average molecular weight is 394 g/mol. The third-order valence-electron chi connectivity index (χ3n) is 5.28. The van der Waals surface area contributed by atoms with Gasteiger partial charge in [-0.3, -0.25) is 0 Å². The maximum absolute atomic E-state index is 9.19. The Morgan fingerprint density at radius 3 is 2.61 bits per heavy atom. The van der Waals surface area contributed by atoms with Crippen LogP contribution in [0.15, 0.2) is 75.9 Å². The van der Waals surface area contributed by atoms with Gasteiger partial charge in [0.2, 0.25) is 0 Å². The molecule has 1 fully saturated rings. The summed E-state index contributed by atoms with van der Waals surface area (Å²) in [4.78, 5) is 6.62. The molecule has 0 radical (unpaired) electrons. The lowest BCUT2D eigenvalue weighted by Crippen LogP contribution is -2.35. The van der Waals surface area contributed by atoms with Gasteiger partial charge in [-0.2, -0.15) is 0 Å². The summed E-state index contributed by atoms with van der Waals surface area (Å²) < 4.78 is 7.58. The van der Waals surface area contributed by atoms with Gasteiger partial charge in [0.1, 0.15) is 5.82 Å². The molecule has 1 N–H and O–H groups in total. The van der Waals surface area contributed by atoms with E-state index in [1.165, 1.54) is 15.4 Å². The minimum absolute atomic E-state index is 0.258. The standard InChI is InChI=1S/C22H23N3O2S/c1-17-23-11-12-25(17)19-5-7-20(8-6-19)28-21-4-2-3-18(15-21)22(16-24-26)9-13-27-14-10-22/h2-8,11-12,15-16,26H,9-10,13-14H2,1H3/b24-16-. The van der Waals surface area contributed by atoms with E-state index in [-0.39, 0.29) is 5.41 Å². The molecule has 6 heteroatoms. The number of imidazole rings is 1. The molecule has 2 heterocycles. The van der Waals surface area contributed by atoms with Crippen LogP contribution in [0.5, 0.6) is 0 Å². The Balaban J connectivity index is 1.56. The maximum Gasteiger partial charge on any atom is 0.110 e. The van der Waals surface area contributed by atoms with Crippen molar-refractivity contribution < 1.29 is 9.94 Å². The Kier molecular flexibility index (Phi) is 5.50. The van der Waals surface area contributed by atoms with Crippen LogP contribution in [-0.2, 0) is 10.2 Å². The fraction of sp³-hybridized carbons (Fsp3) is 0.273. The van der Waals surface area contributed by atoms with Crippen molar-refractivity contribution in [1.29, 1.82) is 0 Å². The predicted octanol–water partition coefficient (Wildman–Crippen LogP) is 4.84. The number of ether oxygens (including phenoxy) is 1. The molecule has 2 aromatic carbocycles. The lowest BCUT2D eigenvalue weighted by Gasteiger charge is -2.34. The second-order valence-corrected chi connectivity index (χ2v) is 8.13. The number of hydrogen-bond acceptors (Lipinski definition) is 5. The van der Waals surface area contributed by atoms with Gasteiger partial charge in [0.05, 0.1) is 6.21 Å². The molecule has 1 aromatic heterocycles. The van der Waals surface area contributed by atoms with E-state index in [1.807, 2.05) is 19.3 Å². The SMILES string of the molecule is Cc1nccn1-c1ccc(Sc2cccc(C3(/C=N\O)CCOCC3)c2)cc1. The molecule has 0 atom stereocenters. The minimum atomic E-state index is -0.258. The predicted molar refractivity (Wildman–Crippen MR) is 111 cm³/mol. The van der Waals surface area contributed by atoms with Crippen molar-refractivity contribution in [3.05, 3.63) is 72.3 Å². The number of rotatable bonds is 5. The summed E-state index contributed by atoms with van der Waals surface area (Å²) in [5, 5.41) is 12.6. The molecule has 5 nitrogen and oxygen atoms in total. The molecule has 1 aliphatic rings. The lowest BCUT2D eigenvalue weighted by molar-refractivity contribution is 0.0713. The van der Waals surface area contributed by atoms with Gasteiger partial charge in [0.25, 0.3) is 0 Å². The molecule has 0 saturated carbocycles. The highest BCUT2D eigenvalue weighted by Gasteiger charge is 2.33. The number of aryl methyl sites for hydroxylation is 1. The largest absolute Gasteiger partial charge is 0.411 e. The van der Waals surface area contributed by atoms with Crippen LogP contribution < -0.4 is 0 Å². The summed E-state index contributed by atoms with van der Waals surface area (Å²) in [7, 11) is 0. The Labute approximate surface area is 169 Å². The van der Waals surface area contributed by atoms with Crippen molar-refractivity contribution in [3.8, 4) is 5.69 Å². The van der Waals surface area contributed by atoms with Crippen LogP contribution >= 0.6 is 11.8 Å². The number of oxime groups is 1. The van der Waals surface area contributed by atoms with Gasteiger partial charge in [0.15, 0.2) is 0 Å². The van der Waals surface area contributed by atoms with Crippen molar-refractivity contribution in [1.82, 2.24) is 9.55 Å². The molecular weight excluding hydrogens is 370 g/mol. The van der Waals surface area contributed by atoms with Gasteiger partial charge in [-0.25, -0.2) is 4.98 Å². The quantitative estimate of drug-likeness (QED) is 0.383. The summed E-state index contributed by atoms with van der Waals surface area (Å²) in [6.07, 6.45) is 7.10. The van der Waals surface area contributed by atoms with Crippen molar-refractivity contribution in [2.45, 2.75) is 35.0 Å². The van der Waals surface area contributed by atoms with Crippen molar-refractivity contribution in [2.24, 2.45) is 5.16 Å². The second kappa shape index (κ2) is 8.20. The number of aromatic nitrogens is 2. The molecule has 0 amide bonds. The van der Waals surface area contributed by atoms with Crippen molar-refractivity contribution in [3.63, 3.8) is 0 Å². The lowest BCUT2D eigenvalue weighted by atomic mass is 9.75. The van der Waals surface area contributed by atoms with Crippen LogP contribution in [0.25, 0.3) is 5.69 Å². The van der Waals surface area contributed by atoms with E-state index in [9.17, 15) is 5.21 Å². The minimum Gasteiger partial charge on any atom is -0.411 e. The summed E-state index contributed by atoms with van der Waals surface area (Å²) in [5.74, 6) is 0.973. The van der Waals surface area contributed by atoms with Crippen molar-refractivity contribution >= 4 is 18.0 Å². The molecule has 4 rings (SSSR count). The fourth-order valence-electron chi connectivity index (χ4n) is 3.67. The summed E-state index contributed by atoms with van der Waals surface area (Å²) in [6.45, 7) is 3.35. The Morgan fingerprint density at radius 2 is 1.93 bits per heavy atom. The highest BCUT2D eigenvalue weighted by molar-refractivity contribution is 7.99. The monoisotopic (exact) mass is 393 g/mol. The highest BCUT2D eigenvalue weighted by Crippen LogP contribution is 2.36. The van der Waals surface area contributed by atoms with Gasteiger partial charge in [0, 0.05) is 46.5 Å². The van der Waals surface area contributed by atoms with E-state index >= 15 is 0 Å². The maximum atomic E-state index is 9.19. The number of benzene rings is 2. The molecule has 1 aliphatic heterocycles. The Morgan fingerprint density at radius 1 is 1.14 bits per heavy atom. The van der Waals surface area contributed by atoms with E-state index in [2.05, 4.69) is 63.2 Å². The normalized spacial score (nSPS) is 16.5. The third kappa shape index (κ3) is 3.84. The smallest absolute Gasteiger partial charge is 0.110 e. The summed E-state index contributed by atoms with van der Waals surface area (Å²) in [6, 6.07) is 17.0.